The van der Waals surface area contributed by atoms with Crippen molar-refractivity contribution in [2.45, 2.75) is 19.3 Å². The molecule has 0 amide bonds. The van der Waals surface area contributed by atoms with E-state index in [9.17, 15) is 0 Å². The summed E-state index contributed by atoms with van der Waals surface area (Å²) in [7, 11) is 0. The van der Waals surface area contributed by atoms with Gasteiger partial charge in [-0.25, -0.2) is 0 Å². The van der Waals surface area contributed by atoms with E-state index in [1.54, 1.807) is 0 Å². The molecule has 0 spiro atoms. The Morgan fingerprint density at radius 1 is 0.404 bits per heavy atom. The lowest BCUT2D eigenvalue weighted by atomic mass is 10.1. The molecule has 0 fully saturated rings. The van der Waals surface area contributed by atoms with E-state index in [-0.39, 0.29) is 0 Å². The van der Waals surface area contributed by atoms with Crippen LogP contribution in [-0.4, -0.2) is 13.7 Å². The number of hydrogen-bond acceptors (Lipinski definition) is 0. The molecule has 0 aliphatic heterocycles. The number of allylic oxidation sites excluding steroid dienone is 1. The van der Waals surface area contributed by atoms with E-state index >= 15 is 0 Å². The largest absolute Gasteiger partial charge is 0.309 e. The molecule has 0 bridgehead atoms. The maximum Gasteiger partial charge on any atom is 0.0562 e. The average molecular weight is 666 g/mol. The second-order valence-electron chi connectivity index (χ2n) is 14.0. The van der Waals surface area contributed by atoms with Crippen molar-refractivity contribution in [2.75, 3.05) is 0 Å². The number of rotatable bonds is 4. The van der Waals surface area contributed by atoms with Crippen LogP contribution in [0.5, 0.6) is 0 Å². The van der Waals surface area contributed by atoms with Gasteiger partial charge >= 0.3 is 0 Å². The molecular weight excluding hydrogens is 631 g/mol. The highest BCUT2D eigenvalue weighted by molar-refractivity contribution is 6.15. The van der Waals surface area contributed by atoms with Gasteiger partial charge in [0.1, 0.15) is 0 Å². The Balaban J connectivity index is 1.16. The summed E-state index contributed by atoms with van der Waals surface area (Å²) in [5.41, 5.74) is 14.8. The fraction of sp³-hybridized carbons (Fsp3) is 0.0612. The third-order valence-corrected chi connectivity index (χ3v) is 11.2. The molecule has 0 atom stereocenters. The number of nitrogens with zero attached hydrogens (tertiary/aromatic N) is 3. The summed E-state index contributed by atoms with van der Waals surface area (Å²) in [6.45, 7) is 0. The van der Waals surface area contributed by atoms with Crippen LogP contribution in [-0.2, 0) is 6.42 Å². The molecular formula is C49H35N3. The smallest absolute Gasteiger partial charge is 0.0562 e. The Morgan fingerprint density at radius 3 is 1.81 bits per heavy atom. The molecule has 0 unspecified atom stereocenters. The van der Waals surface area contributed by atoms with Crippen molar-refractivity contribution in [1.29, 1.82) is 0 Å². The zero-order chi connectivity index (χ0) is 34.2. The molecule has 1 aliphatic rings. The Labute approximate surface area is 301 Å². The Kier molecular flexibility index (Phi) is 6.44. The number of aromatic nitrogens is 3. The molecule has 11 rings (SSSR count). The monoisotopic (exact) mass is 665 g/mol. The van der Waals surface area contributed by atoms with Crippen LogP contribution in [0, 0.1) is 0 Å². The number of aryl methyl sites for hydroxylation is 1. The highest BCUT2D eigenvalue weighted by Crippen LogP contribution is 2.41. The molecule has 52 heavy (non-hydrogen) atoms. The van der Waals surface area contributed by atoms with Crippen LogP contribution in [0.2, 0.25) is 0 Å². The standard InChI is InChI=1S/C49H35N3/c1-3-14-33(15-4-1)34-26-28-35(29-27-34)50-42-21-10-7-18-39(42)40-31-30-36(32-48(40)50)51-45-23-12-9-19-41(45)49-46(51)24-13-25-47(49)52-43-20-6-2-5-16-37(43)38-17-8-11-22-44(38)52/h1,3-4,6-15,17-32H,2,5,16H2. The molecule has 0 saturated heterocycles. The van der Waals surface area contributed by atoms with Crippen molar-refractivity contribution in [1.82, 2.24) is 13.7 Å². The van der Waals surface area contributed by atoms with E-state index in [0.717, 1.165) is 24.2 Å². The van der Waals surface area contributed by atoms with Gasteiger partial charge in [0.05, 0.1) is 33.3 Å². The van der Waals surface area contributed by atoms with Crippen molar-refractivity contribution in [3.05, 3.63) is 181 Å². The van der Waals surface area contributed by atoms with Crippen molar-refractivity contribution < 1.29 is 0 Å². The summed E-state index contributed by atoms with van der Waals surface area (Å²) in [5, 5.41) is 6.40. The van der Waals surface area contributed by atoms with Gasteiger partial charge in [-0.2, -0.15) is 0 Å². The zero-order valence-electron chi connectivity index (χ0n) is 28.7. The van der Waals surface area contributed by atoms with Gasteiger partial charge in [0, 0.05) is 44.0 Å². The van der Waals surface area contributed by atoms with Crippen molar-refractivity contribution in [2.24, 2.45) is 0 Å². The third kappa shape index (κ3) is 4.26. The number of fused-ring (bicyclic) bond motifs is 9. The van der Waals surface area contributed by atoms with Crippen LogP contribution >= 0.6 is 0 Å². The lowest BCUT2D eigenvalue weighted by molar-refractivity contribution is 0.855. The Morgan fingerprint density at radius 2 is 1.00 bits per heavy atom. The predicted octanol–water partition coefficient (Wildman–Crippen LogP) is 12.8. The normalized spacial score (nSPS) is 13.1. The van der Waals surface area contributed by atoms with Crippen molar-refractivity contribution in [3.63, 3.8) is 0 Å². The first-order valence-electron chi connectivity index (χ1n) is 18.3. The summed E-state index contributed by atoms with van der Waals surface area (Å²) < 4.78 is 7.41. The van der Waals surface area contributed by atoms with E-state index in [1.807, 2.05) is 0 Å². The molecule has 3 aromatic heterocycles. The quantitative estimate of drug-likeness (QED) is 0.178. The second kappa shape index (κ2) is 11.5. The number of para-hydroxylation sites is 3. The molecule has 246 valence electrons. The maximum absolute atomic E-state index is 2.52. The highest BCUT2D eigenvalue weighted by atomic mass is 15.0. The maximum atomic E-state index is 2.52. The molecule has 10 aromatic rings. The van der Waals surface area contributed by atoms with Crippen LogP contribution < -0.4 is 0 Å². The van der Waals surface area contributed by atoms with Gasteiger partial charge in [-0.3, -0.25) is 0 Å². The lowest BCUT2D eigenvalue weighted by Crippen LogP contribution is -1.99. The average Bonchev–Trinajstić information content (AvgIpc) is 3.75. The highest BCUT2D eigenvalue weighted by Gasteiger charge is 2.22. The summed E-state index contributed by atoms with van der Waals surface area (Å²) in [4.78, 5) is 0. The van der Waals surface area contributed by atoms with Gasteiger partial charge in [-0.15, -0.1) is 0 Å². The van der Waals surface area contributed by atoms with Gasteiger partial charge in [-0.05, 0) is 96.6 Å². The molecule has 3 nitrogen and oxygen atoms in total. The Hall–Kier alpha value is -6.58. The fourth-order valence-electron chi connectivity index (χ4n) is 8.89. The minimum absolute atomic E-state index is 1.09. The van der Waals surface area contributed by atoms with Crippen LogP contribution in [0.1, 0.15) is 24.1 Å². The summed E-state index contributed by atoms with van der Waals surface area (Å²) in [6, 6.07) is 60.1. The van der Waals surface area contributed by atoms with E-state index in [0.29, 0.717) is 0 Å². The lowest BCUT2D eigenvalue weighted by Gasteiger charge is -2.13. The molecule has 3 heterocycles. The molecule has 7 aromatic carbocycles. The van der Waals surface area contributed by atoms with Gasteiger partial charge in [0.15, 0.2) is 0 Å². The van der Waals surface area contributed by atoms with Gasteiger partial charge in [-0.1, -0.05) is 115 Å². The zero-order valence-corrected chi connectivity index (χ0v) is 28.7. The molecule has 0 radical (unpaired) electrons. The molecule has 0 N–H and O–H groups in total. The van der Waals surface area contributed by atoms with Gasteiger partial charge in [0.25, 0.3) is 0 Å². The summed E-state index contributed by atoms with van der Waals surface area (Å²) >= 11 is 0. The fourth-order valence-corrected chi connectivity index (χ4v) is 8.89. The van der Waals surface area contributed by atoms with Crippen LogP contribution in [0.25, 0.3) is 88.8 Å². The predicted molar refractivity (Wildman–Crippen MR) is 219 cm³/mol. The SMILES string of the molecule is C1=Cc2c(c3ccccc3n2-c2cccc3c2c2ccccc2n3-c2ccc3c4ccccc4n(-c4ccc(-c5ccccc5)cc4)c3c2)CCC1. The summed E-state index contributed by atoms with van der Waals surface area (Å²) in [5.74, 6) is 0. The van der Waals surface area contributed by atoms with Gasteiger partial charge in [0.2, 0.25) is 0 Å². The van der Waals surface area contributed by atoms with Crippen molar-refractivity contribution >= 4 is 60.6 Å². The molecule has 0 saturated carbocycles. The molecule has 3 heteroatoms. The first-order chi connectivity index (χ1) is 25.8. The van der Waals surface area contributed by atoms with Crippen molar-refractivity contribution in [3.8, 4) is 28.2 Å². The first-order valence-corrected chi connectivity index (χ1v) is 18.3. The van der Waals surface area contributed by atoms with E-state index in [1.165, 1.54) is 89.0 Å². The summed E-state index contributed by atoms with van der Waals surface area (Å²) in [6.07, 6.45) is 8.10. The Bertz CT molecular complexity index is 3020. The first kappa shape index (κ1) is 29.2. The van der Waals surface area contributed by atoms with E-state index < -0.39 is 0 Å². The van der Waals surface area contributed by atoms with Crippen LogP contribution in [0.3, 0.4) is 0 Å². The van der Waals surface area contributed by atoms with Gasteiger partial charge < -0.3 is 13.7 Å². The third-order valence-electron chi connectivity index (χ3n) is 11.2. The van der Waals surface area contributed by atoms with E-state index in [4.69, 9.17) is 0 Å². The second-order valence-corrected chi connectivity index (χ2v) is 14.0. The minimum Gasteiger partial charge on any atom is -0.309 e. The molecule has 1 aliphatic carbocycles. The van der Waals surface area contributed by atoms with Crippen LogP contribution in [0.4, 0.5) is 0 Å². The number of hydrogen-bond donors (Lipinski definition) is 0. The number of benzene rings is 7. The topological polar surface area (TPSA) is 14.8 Å². The minimum atomic E-state index is 1.09. The van der Waals surface area contributed by atoms with E-state index in [2.05, 4.69) is 190 Å². The van der Waals surface area contributed by atoms with Crippen LogP contribution in [0.15, 0.2) is 170 Å².